The Morgan fingerprint density at radius 2 is 1.74 bits per heavy atom. The quantitative estimate of drug-likeness (QED) is 0.766. The van der Waals surface area contributed by atoms with Gasteiger partial charge in [-0.1, -0.05) is 13.8 Å². The maximum absolute atomic E-state index is 10.5. The molecule has 0 saturated heterocycles. The van der Waals surface area contributed by atoms with Crippen molar-refractivity contribution in [3.63, 3.8) is 0 Å². The summed E-state index contributed by atoms with van der Waals surface area (Å²) >= 11 is 0. The van der Waals surface area contributed by atoms with Gasteiger partial charge in [-0.3, -0.25) is 9.78 Å². The van der Waals surface area contributed by atoms with Crippen LogP contribution in [-0.4, -0.2) is 15.1 Å². The predicted octanol–water partition coefficient (Wildman–Crippen LogP) is 3.11. The Morgan fingerprint density at radius 3 is 2.11 bits per heavy atom. The van der Waals surface area contributed by atoms with Crippen molar-refractivity contribution in [2.75, 3.05) is 0 Å². The van der Waals surface area contributed by atoms with Crippen LogP contribution in [0.2, 0.25) is 0 Å². The highest BCUT2D eigenvalue weighted by atomic mass is 16.3. The minimum atomic E-state index is 0.0567. The third kappa shape index (κ3) is 7.03. The lowest BCUT2D eigenvalue weighted by molar-refractivity contribution is 0.467. The van der Waals surface area contributed by atoms with Gasteiger partial charge < -0.3 is 10.1 Å². The van der Waals surface area contributed by atoms with Gasteiger partial charge in [0.15, 0.2) is 5.43 Å². The molecular weight excluding hydrogens is 240 g/mol. The highest BCUT2D eigenvalue weighted by molar-refractivity contribution is 5.25. The molecule has 104 valence electrons. The molecule has 2 heterocycles. The molecule has 0 amide bonds. The van der Waals surface area contributed by atoms with E-state index in [-0.39, 0.29) is 11.2 Å². The van der Waals surface area contributed by atoms with Gasteiger partial charge in [0.1, 0.15) is 5.75 Å². The number of nitrogens with zero attached hydrogens (tertiary/aromatic N) is 1. The van der Waals surface area contributed by atoms with Crippen molar-refractivity contribution in [3.05, 3.63) is 57.8 Å². The molecule has 0 aliphatic rings. The molecule has 0 spiro atoms. The van der Waals surface area contributed by atoms with Crippen LogP contribution in [0.4, 0.5) is 0 Å². The zero-order valence-corrected chi connectivity index (χ0v) is 12.2. The van der Waals surface area contributed by atoms with Gasteiger partial charge in [-0.25, -0.2) is 0 Å². The summed E-state index contributed by atoms with van der Waals surface area (Å²) < 4.78 is 0. The molecule has 0 fully saturated rings. The van der Waals surface area contributed by atoms with E-state index in [1.165, 1.54) is 6.07 Å². The Bertz CT molecular complexity index is 548. The van der Waals surface area contributed by atoms with Crippen molar-refractivity contribution in [1.82, 2.24) is 9.97 Å². The van der Waals surface area contributed by atoms with Gasteiger partial charge in [-0.2, -0.15) is 0 Å². The van der Waals surface area contributed by atoms with Gasteiger partial charge in [0.05, 0.1) is 5.69 Å². The average Bonchev–Trinajstić information content (AvgIpc) is 2.37. The minimum Gasteiger partial charge on any atom is -0.506 e. The Kier molecular flexibility index (Phi) is 7.93. The van der Waals surface area contributed by atoms with Gasteiger partial charge in [-0.15, -0.1) is 0 Å². The first-order chi connectivity index (χ1) is 8.99. The highest BCUT2D eigenvalue weighted by Gasteiger charge is 1.93. The molecule has 0 bridgehead atoms. The second kappa shape index (κ2) is 8.91. The molecule has 19 heavy (non-hydrogen) atoms. The normalized spacial score (nSPS) is 8.68. The molecule has 2 aromatic heterocycles. The summed E-state index contributed by atoms with van der Waals surface area (Å²) in [6, 6.07) is 6.48. The van der Waals surface area contributed by atoms with Gasteiger partial charge in [0.2, 0.25) is 0 Å². The van der Waals surface area contributed by atoms with Crippen LogP contribution in [0.3, 0.4) is 0 Å². The number of pyridine rings is 2. The SMILES string of the molecule is CC.Cc1cc(=O)cc[nH]1.Cc1ccc(O)c(C)n1. The zero-order chi connectivity index (χ0) is 14.8. The van der Waals surface area contributed by atoms with Crippen molar-refractivity contribution in [3.8, 4) is 5.75 Å². The van der Waals surface area contributed by atoms with E-state index in [4.69, 9.17) is 5.11 Å². The minimum absolute atomic E-state index is 0.0567. The number of aromatic hydroxyl groups is 1. The molecule has 4 heteroatoms. The van der Waals surface area contributed by atoms with Crippen LogP contribution < -0.4 is 5.43 Å². The predicted molar refractivity (Wildman–Crippen MR) is 78.5 cm³/mol. The number of aromatic amines is 1. The number of rotatable bonds is 0. The lowest BCUT2D eigenvalue weighted by Gasteiger charge is -1.96. The molecule has 0 aliphatic heterocycles. The Morgan fingerprint density at radius 1 is 1.11 bits per heavy atom. The fourth-order valence-electron chi connectivity index (χ4n) is 1.24. The number of hydrogen-bond donors (Lipinski definition) is 2. The summed E-state index contributed by atoms with van der Waals surface area (Å²) in [5, 5.41) is 8.98. The zero-order valence-electron chi connectivity index (χ0n) is 12.2. The monoisotopic (exact) mass is 262 g/mol. The van der Waals surface area contributed by atoms with Crippen LogP contribution in [0.1, 0.15) is 30.9 Å². The van der Waals surface area contributed by atoms with Crippen LogP contribution in [0.25, 0.3) is 0 Å². The Hall–Kier alpha value is -2.10. The van der Waals surface area contributed by atoms with Crippen LogP contribution in [0.15, 0.2) is 35.3 Å². The van der Waals surface area contributed by atoms with Crippen molar-refractivity contribution in [1.29, 1.82) is 0 Å². The molecule has 0 radical (unpaired) electrons. The van der Waals surface area contributed by atoms with E-state index < -0.39 is 0 Å². The number of aryl methyl sites for hydroxylation is 3. The third-order valence-electron chi connectivity index (χ3n) is 2.11. The summed E-state index contributed by atoms with van der Waals surface area (Å²) in [6.45, 7) is 9.52. The third-order valence-corrected chi connectivity index (χ3v) is 2.11. The second-order valence-corrected chi connectivity index (χ2v) is 3.76. The first-order valence-electron chi connectivity index (χ1n) is 6.27. The summed E-state index contributed by atoms with van der Waals surface area (Å²) in [5.74, 6) is 0.264. The Labute approximate surface area is 114 Å². The lowest BCUT2D eigenvalue weighted by atomic mass is 10.3. The molecular formula is C15H22N2O2. The molecule has 0 saturated carbocycles. The Balaban J connectivity index is 0.000000303. The van der Waals surface area contributed by atoms with Crippen LogP contribution in [-0.2, 0) is 0 Å². The summed E-state index contributed by atoms with van der Waals surface area (Å²) in [5.41, 5.74) is 2.58. The standard InChI is InChI=1S/C7H9NO.C6H7NO.C2H6/c1-5-3-4-7(9)6(2)8-5;1-5-4-6(8)2-3-7-5;1-2/h3-4,9H,1-2H3;2-4H,1H3,(H,7,8);1-2H3. The first kappa shape index (κ1) is 16.9. The molecule has 0 unspecified atom stereocenters. The molecule has 2 rings (SSSR count). The van der Waals surface area contributed by atoms with Crippen molar-refractivity contribution >= 4 is 0 Å². The van der Waals surface area contributed by atoms with Crippen molar-refractivity contribution < 1.29 is 5.11 Å². The number of nitrogens with one attached hydrogen (secondary N) is 1. The number of hydrogen-bond acceptors (Lipinski definition) is 3. The molecule has 2 N–H and O–H groups in total. The van der Waals surface area contributed by atoms with Gasteiger partial charge in [0.25, 0.3) is 0 Å². The van der Waals surface area contributed by atoms with Gasteiger partial charge in [0, 0.05) is 29.7 Å². The van der Waals surface area contributed by atoms with E-state index in [9.17, 15) is 4.79 Å². The van der Waals surface area contributed by atoms with E-state index in [0.29, 0.717) is 5.69 Å². The van der Waals surface area contributed by atoms with Crippen molar-refractivity contribution in [2.45, 2.75) is 34.6 Å². The first-order valence-corrected chi connectivity index (χ1v) is 6.27. The summed E-state index contributed by atoms with van der Waals surface area (Å²) in [4.78, 5) is 17.4. The smallest absolute Gasteiger partial charge is 0.181 e. The van der Waals surface area contributed by atoms with E-state index in [2.05, 4.69) is 9.97 Å². The van der Waals surface area contributed by atoms with Crippen LogP contribution >= 0.6 is 0 Å². The van der Waals surface area contributed by atoms with E-state index >= 15 is 0 Å². The van der Waals surface area contributed by atoms with Crippen molar-refractivity contribution in [2.24, 2.45) is 0 Å². The van der Waals surface area contributed by atoms with Crippen LogP contribution in [0.5, 0.6) is 5.75 Å². The maximum Gasteiger partial charge on any atom is 0.181 e. The molecule has 0 aromatic carbocycles. The van der Waals surface area contributed by atoms with E-state index in [0.717, 1.165) is 11.4 Å². The summed E-state index contributed by atoms with van der Waals surface area (Å²) in [7, 11) is 0. The van der Waals surface area contributed by atoms with Crippen LogP contribution in [0, 0.1) is 20.8 Å². The average molecular weight is 262 g/mol. The van der Waals surface area contributed by atoms with Gasteiger partial charge in [-0.05, 0) is 32.9 Å². The topological polar surface area (TPSA) is 66.0 Å². The van der Waals surface area contributed by atoms with E-state index in [1.54, 1.807) is 31.3 Å². The second-order valence-electron chi connectivity index (χ2n) is 3.76. The van der Waals surface area contributed by atoms with Gasteiger partial charge >= 0.3 is 0 Å². The highest BCUT2D eigenvalue weighted by Crippen LogP contribution is 2.11. The molecule has 2 aromatic rings. The largest absolute Gasteiger partial charge is 0.506 e. The summed E-state index contributed by atoms with van der Waals surface area (Å²) in [6.07, 6.45) is 1.64. The maximum atomic E-state index is 10.5. The molecule has 0 atom stereocenters. The number of aromatic nitrogens is 2. The molecule has 4 nitrogen and oxygen atoms in total. The fraction of sp³-hybridized carbons (Fsp3) is 0.333. The number of H-pyrrole nitrogens is 1. The fourth-order valence-corrected chi connectivity index (χ4v) is 1.24. The molecule has 0 aliphatic carbocycles. The van der Waals surface area contributed by atoms with E-state index in [1.807, 2.05) is 27.7 Å². The lowest BCUT2D eigenvalue weighted by Crippen LogP contribution is -1.96.